The van der Waals surface area contributed by atoms with Crippen LogP contribution in [0.5, 0.6) is 0 Å². The lowest BCUT2D eigenvalue weighted by Gasteiger charge is -2.15. The van der Waals surface area contributed by atoms with Crippen molar-refractivity contribution < 1.29 is 19.1 Å². The van der Waals surface area contributed by atoms with E-state index in [2.05, 4.69) is 46.0 Å². The highest BCUT2D eigenvalue weighted by Crippen LogP contribution is 2.21. The van der Waals surface area contributed by atoms with Gasteiger partial charge in [0.25, 0.3) is 0 Å². The number of fused-ring (bicyclic) bond motifs is 2. The van der Waals surface area contributed by atoms with Gasteiger partial charge in [0.1, 0.15) is 0 Å². The molecule has 0 bridgehead atoms. The number of anilines is 2. The van der Waals surface area contributed by atoms with Crippen LogP contribution >= 0.6 is 0 Å². The number of likely N-dealkylation sites (tertiary alicyclic amines) is 2. The third-order valence-electron chi connectivity index (χ3n) is 8.08. The predicted octanol–water partition coefficient (Wildman–Crippen LogP) is 3.90. The van der Waals surface area contributed by atoms with E-state index in [1.165, 1.54) is 25.7 Å². The summed E-state index contributed by atoms with van der Waals surface area (Å²) in [6.45, 7) is 10.8. The van der Waals surface area contributed by atoms with Crippen LogP contribution in [0.1, 0.15) is 39.5 Å². The molecule has 2 aliphatic rings. The van der Waals surface area contributed by atoms with Crippen molar-refractivity contribution in [3.63, 3.8) is 0 Å². The van der Waals surface area contributed by atoms with Crippen molar-refractivity contribution in [2.45, 2.75) is 39.5 Å². The second-order valence-corrected chi connectivity index (χ2v) is 11.5. The number of ether oxygens (including phenoxy) is 2. The van der Waals surface area contributed by atoms with E-state index >= 15 is 0 Å². The fraction of sp³-hybridized carbons (Fsp3) is 0.485. The van der Waals surface area contributed by atoms with E-state index in [-0.39, 0.29) is 30.6 Å². The zero-order valence-electron chi connectivity index (χ0n) is 27.2. The molecule has 2 aromatic carbocycles. The number of hydrogen-bond donors (Lipinski definition) is 5. The molecule has 0 atom stereocenters. The Kier molecular flexibility index (Phi) is 12.0. The zero-order valence-corrected chi connectivity index (χ0v) is 27.2. The largest absolute Gasteiger partial charge is 0.450 e. The van der Waals surface area contributed by atoms with Gasteiger partial charge in [0.15, 0.2) is 5.43 Å². The van der Waals surface area contributed by atoms with Crippen LogP contribution in [0.15, 0.2) is 51.2 Å². The van der Waals surface area contributed by atoms with Gasteiger partial charge in [-0.2, -0.15) is 0 Å². The van der Waals surface area contributed by atoms with Crippen molar-refractivity contribution >= 4 is 57.3 Å². The van der Waals surface area contributed by atoms with Crippen LogP contribution in [0, 0.1) is 0 Å². The molecule has 0 aliphatic carbocycles. The van der Waals surface area contributed by atoms with Crippen LogP contribution in [-0.2, 0) is 9.47 Å². The number of carbonyl (C=O) groups excluding carboxylic acids is 2. The second kappa shape index (κ2) is 16.7. The van der Waals surface area contributed by atoms with Gasteiger partial charge in [-0.3, -0.25) is 25.4 Å². The van der Waals surface area contributed by atoms with Gasteiger partial charge in [-0.15, -0.1) is 0 Å². The maximum Gasteiger partial charge on any atom is 0.413 e. The zero-order chi connectivity index (χ0) is 33.0. The Bertz CT molecular complexity index is 1540. The smallest absolute Gasteiger partial charge is 0.413 e. The molecular formula is C33H45N9O5. The Morgan fingerprint density at radius 1 is 0.723 bits per heavy atom. The van der Waals surface area contributed by atoms with E-state index < -0.39 is 12.2 Å². The number of guanidine groups is 2. The Balaban J connectivity index is 1.36. The Morgan fingerprint density at radius 2 is 1.15 bits per heavy atom. The number of benzene rings is 2. The maximum atomic E-state index is 13.5. The average Bonchev–Trinajstić information content (AvgIpc) is 3.76. The molecule has 14 heteroatoms. The summed E-state index contributed by atoms with van der Waals surface area (Å²) in [5.41, 5.74) is 2.33. The fourth-order valence-electron chi connectivity index (χ4n) is 5.78. The normalized spacial score (nSPS) is 16.0. The molecule has 0 spiro atoms. The molecule has 2 fully saturated rings. The molecule has 5 rings (SSSR count). The quantitative estimate of drug-likeness (QED) is 0.125. The monoisotopic (exact) mass is 647 g/mol. The summed E-state index contributed by atoms with van der Waals surface area (Å²) in [6.07, 6.45) is 3.56. The van der Waals surface area contributed by atoms with E-state index in [0.29, 0.717) is 46.3 Å². The molecule has 0 radical (unpaired) electrons. The molecule has 47 heavy (non-hydrogen) atoms. The van der Waals surface area contributed by atoms with Gasteiger partial charge in [0.2, 0.25) is 11.9 Å². The minimum absolute atomic E-state index is 0.125. The number of aromatic amines is 1. The third kappa shape index (κ3) is 9.66. The van der Waals surface area contributed by atoms with Gasteiger partial charge in [0.05, 0.1) is 37.3 Å². The number of aliphatic imine (C=N–C) groups is 2. The number of aromatic nitrogens is 1. The first-order valence-electron chi connectivity index (χ1n) is 16.5. The molecule has 14 nitrogen and oxygen atoms in total. The fourth-order valence-corrected chi connectivity index (χ4v) is 5.78. The van der Waals surface area contributed by atoms with Crippen LogP contribution in [-0.4, -0.2) is 104 Å². The first-order valence-corrected chi connectivity index (χ1v) is 16.5. The summed E-state index contributed by atoms with van der Waals surface area (Å²) in [6, 6.07) is 10.6. The first-order chi connectivity index (χ1) is 22.9. The molecule has 0 unspecified atom stereocenters. The number of nitrogens with zero attached hydrogens (tertiary/aromatic N) is 4. The standard InChI is InChI=1S/C33H45N9O5/c1-3-46-32(44)39-30(34-13-19-41-15-5-6-16-41)36-23-9-11-25-27(21-23)38-28-22-24(10-12-26(28)29(25)43)37-31(40-33(45)47-4-2)35-14-20-42-17-7-8-18-42/h9-12,21-22H,3-8,13-20H2,1-2H3,(H,38,43)(H2,34,36,39,44)(H2,35,37,40,45). The predicted molar refractivity (Wildman–Crippen MR) is 186 cm³/mol. The number of hydrogen-bond acceptors (Lipinski definition) is 9. The summed E-state index contributed by atoms with van der Waals surface area (Å²) >= 11 is 0. The Labute approximate surface area is 274 Å². The van der Waals surface area contributed by atoms with E-state index in [9.17, 15) is 14.4 Å². The molecule has 3 aromatic rings. The Morgan fingerprint density at radius 3 is 1.55 bits per heavy atom. The van der Waals surface area contributed by atoms with Gasteiger partial charge in [-0.25, -0.2) is 9.59 Å². The number of amides is 2. The number of pyridine rings is 1. The summed E-state index contributed by atoms with van der Waals surface area (Å²) in [5.74, 6) is 0.532. The molecule has 252 valence electrons. The topological polar surface area (TPSA) is 165 Å². The molecule has 3 heterocycles. The van der Waals surface area contributed by atoms with Crippen molar-refractivity contribution in [3.8, 4) is 0 Å². The number of carbonyl (C=O) groups is 2. The lowest BCUT2D eigenvalue weighted by molar-refractivity contribution is 0.156. The van der Waals surface area contributed by atoms with Crippen molar-refractivity contribution in [1.29, 1.82) is 0 Å². The number of H-pyrrole nitrogens is 1. The van der Waals surface area contributed by atoms with Crippen LogP contribution in [0.3, 0.4) is 0 Å². The van der Waals surface area contributed by atoms with Gasteiger partial charge in [-0.05, 0) is 102 Å². The van der Waals surface area contributed by atoms with E-state index in [4.69, 9.17) is 9.47 Å². The van der Waals surface area contributed by atoms with E-state index in [0.717, 1.165) is 39.3 Å². The first kappa shape index (κ1) is 33.7. The third-order valence-corrected chi connectivity index (χ3v) is 8.08. The minimum Gasteiger partial charge on any atom is -0.450 e. The average molecular weight is 648 g/mol. The molecule has 0 saturated carbocycles. The highest BCUT2D eigenvalue weighted by molar-refractivity contribution is 6.05. The molecule has 1 aromatic heterocycles. The lowest BCUT2D eigenvalue weighted by atomic mass is 10.1. The lowest BCUT2D eigenvalue weighted by Crippen LogP contribution is -2.37. The summed E-state index contributed by atoms with van der Waals surface area (Å²) in [4.78, 5) is 55.1. The van der Waals surface area contributed by atoms with Gasteiger partial charge in [-0.1, -0.05) is 0 Å². The van der Waals surface area contributed by atoms with Crippen LogP contribution < -0.4 is 26.7 Å². The number of rotatable bonds is 10. The molecule has 2 aliphatic heterocycles. The highest BCUT2D eigenvalue weighted by Gasteiger charge is 2.15. The molecule has 2 amide bonds. The molecule has 2 saturated heterocycles. The maximum absolute atomic E-state index is 13.5. The van der Waals surface area contributed by atoms with Gasteiger partial charge >= 0.3 is 12.2 Å². The van der Waals surface area contributed by atoms with Crippen molar-refractivity contribution in [3.05, 3.63) is 46.6 Å². The summed E-state index contributed by atoms with van der Waals surface area (Å²) < 4.78 is 10.1. The second-order valence-electron chi connectivity index (χ2n) is 11.5. The van der Waals surface area contributed by atoms with Crippen molar-refractivity contribution in [1.82, 2.24) is 25.4 Å². The molecular weight excluding hydrogens is 602 g/mol. The summed E-state index contributed by atoms with van der Waals surface area (Å²) in [7, 11) is 0. The van der Waals surface area contributed by atoms with E-state index in [1.54, 1.807) is 50.2 Å². The number of nitrogens with one attached hydrogen (secondary N) is 5. The van der Waals surface area contributed by atoms with Crippen LogP contribution in [0.25, 0.3) is 21.8 Å². The van der Waals surface area contributed by atoms with Crippen molar-refractivity contribution in [2.24, 2.45) is 9.98 Å². The highest BCUT2D eigenvalue weighted by atomic mass is 16.6. The van der Waals surface area contributed by atoms with Gasteiger partial charge in [0, 0.05) is 35.2 Å². The van der Waals surface area contributed by atoms with E-state index in [1.807, 2.05) is 0 Å². The Hall–Kier alpha value is -4.69. The summed E-state index contributed by atoms with van der Waals surface area (Å²) in [5, 5.41) is 12.7. The molecule has 5 N–H and O–H groups in total. The van der Waals surface area contributed by atoms with Crippen molar-refractivity contribution in [2.75, 3.05) is 76.2 Å². The van der Waals surface area contributed by atoms with Crippen LogP contribution in [0.4, 0.5) is 21.0 Å². The number of alkyl carbamates (subject to hydrolysis) is 2. The minimum atomic E-state index is -0.600. The SMILES string of the molecule is CCOC(=O)NC(=NCCN1CCCC1)Nc1ccc2c(=O)c3ccc(NC(=NCCN4CCCC4)NC(=O)OCC)cc3[nH]c2c1. The van der Waals surface area contributed by atoms with Gasteiger partial charge < -0.3 is 34.9 Å². The van der Waals surface area contributed by atoms with Crippen LogP contribution in [0.2, 0.25) is 0 Å².